The summed E-state index contributed by atoms with van der Waals surface area (Å²) in [5.74, 6) is 0.289. The molecule has 5 heteroatoms. The van der Waals surface area contributed by atoms with E-state index in [1.54, 1.807) is 6.92 Å². The highest BCUT2D eigenvalue weighted by Gasteiger charge is 2.19. The van der Waals surface area contributed by atoms with Gasteiger partial charge in [-0.3, -0.25) is 4.79 Å². The third-order valence-corrected chi connectivity index (χ3v) is 3.19. The van der Waals surface area contributed by atoms with Crippen LogP contribution in [0.3, 0.4) is 0 Å². The Kier molecular flexibility index (Phi) is 7.22. The Morgan fingerprint density at radius 3 is 2.28 bits per heavy atom. The lowest BCUT2D eigenvalue weighted by Gasteiger charge is -2.14. The molecule has 5 nitrogen and oxygen atoms in total. The zero-order valence-corrected chi connectivity index (χ0v) is 11.2. The largest absolute Gasteiger partial charge is 0.450 e. The number of carbonyl (C=O) groups is 2. The first-order chi connectivity index (χ1) is 8.74. The van der Waals surface area contributed by atoms with Gasteiger partial charge in [-0.1, -0.05) is 25.7 Å². The molecule has 1 saturated carbocycles. The lowest BCUT2D eigenvalue weighted by atomic mass is 9.99. The van der Waals surface area contributed by atoms with Gasteiger partial charge < -0.3 is 15.4 Å². The van der Waals surface area contributed by atoms with Crippen molar-refractivity contribution in [3.63, 3.8) is 0 Å². The number of rotatable bonds is 5. The molecule has 0 aromatic rings. The summed E-state index contributed by atoms with van der Waals surface area (Å²) in [6.45, 7) is 3.00. The van der Waals surface area contributed by atoms with E-state index in [4.69, 9.17) is 4.74 Å². The van der Waals surface area contributed by atoms with Gasteiger partial charge in [0.1, 0.15) is 0 Å². The Labute approximate surface area is 109 Å². The molecule has 1 aliphatic rings. The predicted octanol–water partition coefficient (Wildman–Crippen LogP) is 1.82. The van der Waals surface area contributed by atoms with Gasteiger partial charge in [-0.15, -0.1) is 0 Å². The van der Waals surface area contributed by atoms with Crippen molar-refractivity contribution in [2.45, 2.75) is 45.4 Å². The third-order valence-electron chi connectivity index (χ3n) is 3.19. The molecule has 1 fully saturated rings. The maximum atomic E-state index is 11.9. The highest BCUT2D eigenvalue weighted by Crippen LogP contribution is 2.22. The van der Waals surface area contributed by atoms with Gasteiger partial charge in [-0.05, 0) is 19.8 Å². The molecule has 0 aliphatic heterocycles. The zero-order chi connectivity index (χ0) is 13.2. The molecule has 2 amide bonds. The molecule has 0 aromatic carbocycles. The lowest BCUT2D eigenvalue weighted by molar-refractivity contribution is -0.125. The topological polar surface area (TPSA) is 67.4 Å². The predicted molar refractivity (Wildman–Crippen MR) is 69.2 cm³/mol. The molecule has 0 radical (unpaired) electrons. The number of nitrogens with one attached hydrogen (secondary N) is 2. The third kappa shape index (κ3) is 5.89. The van der Waals surface area contributed by atoms with Gasteiger partial charge in [0.05, 0.1) is 6.61 Å². The van der Waals surface area contributed by atoms with Gasteiger partial charge >= 0.3 is 6.09 Å². The van der Waals surface area contributed by atoms with Crippen molar-refractivity contribution in [1.82, 2.24) is 10.6 Å². The zero-order valence-electron chi connectivity index (χ0n) is 11.2. The van der Waals surface area contributed by atoms with E-state index in [2.05, 4.69) is 10.6 Å². The minimum Gasteiger partial charge on any atom is -0.450 e. The van der Waals surface area contributed by atoms with Crippen molar-refractivity contribution in [3.8, 4) is 0 Å². The summed E-state index contributed by atoms with van der Waals surface area (Å²) < 4.78 is 4.72. The van der Waals surface area contributed by atoms with Crippen LogP contribution < -0.4 is 10.6 Å². The van der Waals surface area contributed by atoms with Crippen LogP contribution in [-0.2, 0) is 9.53 Å². The van der Waals surface area contributed by atoms with E-state index in [9.17, 15) is 9.59 Å². The van der Waals surface area contributed by atoms with E-state index in [1.165, 1.54) is 12.8 Å². The van der Waals surface area contributed by atoms with Gasteiger partial charge in [0, 0.05) is 19.0 Å². The van der Waals surface area contributed by atoms with E-state index in [-0.39, 0.29) is 11.8 Å². The molecule has 1 aliphatic carbocycles. The maximum absolute atomic E-state index is 11.9. The number of carbonyl (C=O) groups excluding carboxylic acids is 2. The molecule has 18 heavy (non-hydrogen) atoms. The Hall–Kier alpha value is -1.26. The first-order valence-electron chi connectivity index (χ1n) is 6.92. The van der Waals surface area contributed by atoms with Gasteiger partial charge in [0.2, 0.25) is 5.91 Å². The van der Waals surface area contributed by atoms with Gasteiger partial charge in [-0.2, -0.15) is 0 Å². The Morgan fingerprint density at radius 1 is 1.06 bits per heavy atom. The Balaban J connectivity index is 2.10. The van der Waals surface area contributed by atoms with E-state index >= 15 is 0 Å². The molecule has 0 spiro atoms. The number of alkyl carbamates (subject to hydrolysis) is 1. The van der Waals surface area contributed by atoms with Gasteiger partial charge in [0.25, 0.3) is 0 Å². The molecule has 1 rings (SSSR count). The molecule has 2 N–H and O–H groups in total. The van der Waals surface area contributed by atoms with E-state index in [0.29, 0.717) is 19.7 Å². The quantitative estimate of drug-likeness (QED) is 0.582. The molecular formula is C13H24N2O3. The first-order valence-corrected chi connectivity index (χ1v) is 6.92. The number of amides is 2. The van der Waals surface area contributed by atoms with Crippen LogP contribution in [0.25, 0.3) is 0 Å². The first kappa shape index (κ1) is 14.8. The van der Waals surface area contributed by atoms with E-state index < -0.39 is 6.09 Å². The standard InChI is InChI=1S/C13H24N2O3/c1-2-18-13(17)15-10-9-14-12(16)11-7-5-3-4-6-8-11/h11H,2-10H2,1H3,(H,14,16)(H,15,17). The second-order valence-electron chi connectivity index (χ2n) is 4.63. The fourth-order valence-electron chi connectivity index (χ4n) is 2.22. The van der Waals surface area contributed by atoms with Gasteiger partial charge in [0.15, 0.2) is 0 Å². The van der Waals surface area contributed by atoms with Crippen LogP contribution >= 0.6 is 0 Å². The average Bonchev–Trinajstić information content (AvgIpc) is 2.63. The highest BCUT2D eigenvalue weighted by molar-refractivity contribution is 5.78. The summed E-state index contributed by atoms with van der Waals surface area (Å²) in [5.41, 5.74) is 0. The summed E-state index contributed by atoms with van der Waals surface area (Å²) in [6.07, 6.45) is 6.36. The highest BCUT2D eigenvalue weighted by atomic mass is 16.5. The fraction of sp³-hybridized carbons (Fsp3) is 0.846. The van der Waals surface area contributed by atoms with Crippen molar-refractivity contribution in [2.75, 3.05) is 19.7 Å². The minimum atomic E-state index is -0.429. The summed E-state index contributed by atoms with van der Waals surface area (Å²) >= 11 is 0. The van der Waals surface area contributed by atoms with Crippen LogP contribution in [0.15, 0.2) is 0 Å². The second-order valence-corrected chi connectivity index (χ2v) is 4.63. The average molecular weight is 256 g/mol. The van der Waals surface area contributed by atoms with Crippen molar-refractivity contribution >= 4 is 12.0 Å². The normalized spacial score (nSPS) is 16.7. The Bertz CT molecular complexity index is 261. The monoisotopic (exact) mass is 256 g/mol. The van der Waals surface area contributed by atoms with Crippen LogP contribution in [0, 0.1) is 5.92 Å². The van der Waals surface area contributed by atoms with Crippen LogP contribution in [0.4, 0.5) is 4.79 Å². The summed E-state index contributed by atoms with van der Waals surface area (Å²) in [4.78, 5) is 22.9. The maximum Gasteiger partial charge on any atom is 0.407 e. The number of hydrogen-bond acceptors (Lipinski definition) is 3. The molecule has 0 aromatic heterocycles. The summed E-state index contributed by atoms with van der Waals surface area (Å²) in [7, 11) is 0. The summed E-state index contributed by atoms with van der Waals surface area (Å²) in [6, 6.07) is 0. The number of hydrogen-bond donors (Lipinski definition) is 2. The van der Waals surface area contributed by atoms with Crippen LogP contribution in [-0.4, -0.2) is 31.7 Å². The lowest BCUT2D eigenvalue weighted by Crippen LogP contribution is -2.37. The van der Waals surface area contributed by atoms with Gasteiger partial charge in [-0.25, -0.2) is 4.79 Å². The summed E-state index contributed by atoms with van der Waals surface area (Å²) in [5, 5.41) is 5.45. The fourth-order valence-corrected chi connectivity index (χ4v) is 2.22. The second kappa shape index (κ2) is 8.78. The van der Waals surface area contributed by atoms with Crippen molar-refractivity contribution in [1.29, 1.82) is 0 Å². The Morgan fingerprint density at radius 2 is 1.67 bits per heavy atom. The van der Waals surface area contributed by atoms with Crippen LogP contribution in [0.2, 0.25) is 0 Å². The molecule has 0 saturated heterocycles. The molecule has 0 heterocycles. The molecular weight excluding hydrogens is 232 g/mol. The van der Waals surface area contributed by atoms with Crippen molar-refractivity contribution in [3.05, 3.63) is 0 Å². The molecule has 0 unspecified atom stereocenters. The van der Waals surface area contributed by atoms with Crippen molar-refractivity contribution in [2.24, 2.45) is 5.92 Å². The molecule has 104 valence electrons. The molecule has 0 atom stereocenters. The van der Waals surface area contributed by atoms with E-state index in [1.807, 2.05) is 0 Å². The van der Waals surface area contributed by atoms with Crippen molar-refractivity contribution < 1.29 is 14.3 Å². The van der Waals surface area contributed by atoms with Crippen LogP contribution in [0.1, 0.15) is 45.4 Å². The number of ether oxygens (including phenoxy) is 1. The minimum absolute atomic E-state index is 0.127. The van der Waals surface area contributed by atoms with Crippen LogP contribution in [0.5, 0.6) is 0 Å². The van der Waals surface area contributed by atoms with E-state index in [0.717, 1.165) is 25.7 Å². The molecule has 0 bridgehead atoms. The smallest absolute Gasteiger partial charge is 0.407 e. The SMILES string of the molecule is CCOC(=O)NCCNC(=O)C1CCCCCC1.